The summed E-state index contributed by atoms with van der Waals surface area (Å²) in [5.41, 5.74) is 1.71. The Kier molecular flexibility index (Phi) is 15.2. The average Bonchev–Trinajstić information content (AvgIpc) is 2.91. The fourth-order valence-electron chi connectivity index (χ4n) is 3.62. The molecule has 0 saturated carbocycles. The lowest BCUT2D eigenvalue weighted by Gasteiger charge is -2.06. The highest BCUT2D eigenvalue weighted by Crippen LogP contribution is 2.16. The molecule has 2 aromatic carbocycles. The first-order valence-corrected chi connectivity index (χ1v) is 13.7. The molecule has 0 aromatic heterocycles. The van der Waals surface area contributed by atoms with E-state index in [9.17, 15) is 9.59 Å². The van der Waals surface area contributed by atoms with Crippen LogP contribution in [0.2, 0.25) is 0 Å². The lowest BCUT2D eigenvalue weighted by Crippen LogP contribution is -2.03. The van der Waals surface area contributed by atoms with Crippen molar-refractivity contribution in [2.45, 2.75) is 78.1 Å². The van der Waals surface area contributed by atoms with Crippen LogP contribution >= 0.6 is 0 Å². The normalized spacial score (nSPS) is 11.2. The van der Waals surface area contributed by atoms with E-state index in [4.69, 9.17) is 14.2 Å². The lowest BCUT2D eigenvalue weighted by atomic mass is 10.1. The first kappa shape index (κ1) is 29.9. The number of ether oxygens (including phenoxy) is 3. The Morgan fingerprint density at radius 1 is 0.595 bits per heavy atom. The number of hydrogen-bond acceptors (Lipinski definition) is 5. The first-order valence-electron chi connectivity index (χ1n) is 13.7. The third kappa shape index (κ3) is 14.1. The van der Waals surface area contributed by atoms with E-state index < -0.39 is 5.97 Å². The zero-order chi connectivity index (χ0) is 26.6. The second-order valence-corrected chi connectivity index (χ2v) is 9.07. The van der Waals surface area contributed by atoms with Gasteiger partial charge in [-0.2, -0.15) is 0 Å². The Labute approximate surface area is 222 Å². The number of hydrogen-bond donors (Lipinski definition) is 0. The predicted octanol–water partition coefficient (Wildman–Crippen LogP) is 8.18. The Balaban J connectivity index is 1.69. The van der Waals surface area contributed by atoms with Gasteiger partial charge in [0.05, 0.1) is 13.2 Å². The second-order valence-electron chi connectivity index (χ2n) is 9.07. The molecular weight excluding hydrogens is 464 g/mol. The highest BCUT2D eigenvalue weighted by Gasteiger charge is 2.02. The summed E-state index contributed by atoms with van der Waals surface area (Å²) >= 11 is 0. The van der Waals surface area contributed by atoms with E-state index in [1.54, 1.807) is 36.4 Å². The fraction of sp³-hybridized carbons (Fsp3) is 0.438. The topological polar surface area (TPSA) is 61.8 Å². The zero-order valence-corrected chi connectivity index (χ0v) is 22.5. The van der Waals surface area contributed by atoms with E-state index in [2.05, 4.69) is 13.8 Å². The van der Waals surface area contributed by atoms with Gasteiger partial charge in [0.2, 0.25) is 0 Å². The Morgan fingerprint density at radius 2 is 1.08 bits per heavy atom. The number of esters is 2. The van der Waals surface area contributed by atoms with Crippen molar-refractivity contribution in [3.05, 3.63) is 71.8 Å². The third-order valence-electron chi connectivity index (χ3n) is 5.81. The van der Waals surface area contributed by atoms with Gasteiger partial charge >= 0.3 is 11.9 Å². The van der Waals surface area contributed by atoms with Gasteiger partial charge in [-0.25, -0.2) is 9.59 Å². The van der Waals surface area contributed by atoms with Gasteiger partial charge in [-0.15, -0.1) is 0 Å². The van der Waals surface area contributed by atoms with Crippen molar-refractivity contribution in [1.29, 1.82) is 0 Å². The van der Waals surface area contributed by atoms with Crippen LogP contribution in [0.25, 0.3) is 12.2 Å². The molecular formula is C32H42O5. The number of unbranched alkanes of at least 4 members (excludes halogenated alkanes) is 8. The van der Waals surface area contributed by atoms with Gasteiger partial charge < -0.3 is 14.2 Å². The predicted molar refractivity (Wildman–Crippen MR) is 151 cm³/mol. The Bertz CT molecular complexity index is 958. The molecule has 2 rings (SSSR count). The van der Waals surface area contributed by atoms with E-state index in [0.29, 0.717) is 12.4 Å². The maximum atomic E-state index is 12.2. The highest BCUT2D eigenvalue weighted by atomic mass is 16.5. The summed E-state index contributed by atoms with van der Waals surface area (Å²) in [6, 6.07) is 14.6. The molecule has 0 aliphatic rings. The average molecular weight is 507 g/mol. The van der Waals surface area contributed by atoms with Crippen molar-refractivity contribution >= 4 is 24.1 Å². The van der Waals surface area contributed by atoms with E-state index in [1.807, 2.05) is 24.3 Å². The summed E-state index contributed by atoms with van der Waals surface area (Å²) in [6.07, 6.45) is 17.9. The molecule has 0 atom stereocenters. The SMILES string of the molecule is CCCCCCCCOc1ccc(/C=C/C(=O)Oc2ccc(/C=C/C(=O)OCCCCCC)cc2)cc1. The molecule has 0 fully saturated rings. The molecule has 5 nitrogen and oxygen atoms in total. The summed E-state index contributed by atoms with van der Waals surface area (Å²) < 4.78 is 16.3. The van der Waals surface area contributed by atoms with E-state index in [-0.39, 0.29) is 5.97 Å². The van der Waals surface area contributed by atoms with Crippen LogP contribution in [0.1, 0.15) is 89.2 Å². The quantitative estimate of drug-likeness (QED) is 0.0883. The molecule has 200 valence electrons. The van der Waals surface area contributed by atoms with Gasteiger partial charge in [0, 0.05) is 12.2 Å². The fourth-order valence-corrected chi connectivity index (χ4v) is 3.62. The standard InChI is InChI=1S/C32H42O5/c1-3-5-7-9-10-12-25-35-29-19-13-27(14-20-29)18-24-32(34)37-30-21-15-28(16-22-30)17-23-31(33)36-26-11-8-6-4-2/h13-24H,3-12,25-26H2,1-2H3/b23-17+,24-18+. The number of carbonyl (C=O) groups excluding carboxylic acids is 2. The van der Waals surface area contributed by atoms with Crippen molar-refractivity contribution in [3.63, 3.8) is 0 Å². The molecule has 0 amide bonds. The van der Waals surface area contributed by atoms with Crippen LogP contribution in [0.5, 0.6) is 11.5 Å². The molecule has 0 heterocycles. The van der Waals surface area contributed by atoms with Crippen LogP contribution in [-0.4, -0.2) is 25.2 Å². The van der Waals surface area contributed by atoms with Crippen LogP contribution in [0.15, 0.2) is 60.7 Å². The number of carbonyl (C=O) groups is 2. The van der Waals surface area contributed by atoms with Crippen molar-refractivity contribution in [2.24, 2.45) is 0 Å². The lowest BCUT2D eigenvalue weighted by molar-refractivity contribution is -0.137. The smallest absolute Gasteiger partial charge is 0.336 e. The third-order valence-corrected chi connectivity index (χ3v) is 5.81. The maximum absolute atomic E-state index is 12.2. The van der Waals surface area contributed by atoms with Crippen LogP contribution in [0.4, 0.5) is 0 Å². The molecule has 0 unspecified atom stereocenters. The molecule has 0 radical (unpaired) electrons. The summed E-state index contributed by atoms with van der Waals surface area (Å²) in [4.78, 5) is 24.0. The minimum absolute atomic E-state index is 0.352. The van der Waals surface area contributed by atoms with Gasteiger partial charge in [-0.1, -0.05) is 89.5 Å². The largest absolute Gasteiger partial charge is 0.494 e. The van der Waals surface area contributed by atoms with Crippen LogP contribution in [-0.2, 0) is 14.3 Å². The van der Waals surface area contributed by atoms with Crippen LogP contribution in [0, 0.1) is 0 Å². The number of rotatable bonds is 18. The van der Waals surface area contributed by atoms with Crippen LogP contribution in [0.3, 0.4) is 0 Å². The van der Waals surface area contributed by atoms with Crippen molar-refractivity contribution < 1.29 is 23.8 Å². The monoisotopic (exact) mass is 506 g/mol. The molecule has 0 aliphatic carbocycles. The van der Waals surface area contributed by atoms with Gasteiger partial charge in [0.25, 0.3) is 0 Å². The molecule has 0 spiro atoms. The van der Waals surface area contributed by atoms with Crippen molar-refractivity contribution in [3.8, 4) is 11.5 Å². The van der Waals surface area contributed by atoms with Crippen LogP contribution < -0.4 is 9.47 Å². The number of benzene rings is 2. The zero-order valence-electron chi connectivity index (χ0n) is 22.5. The van der Waals surface area contributed by atoms with Gasteiger partial charge in [-0.05, 0) is 60.4 Å². The summed E-state index contributed by atoms with van der Waals surface area (Å²) in [5.74, 6) is 0.458. The molecule has 2 aromatic rings. The minimum atomic E-state index is -0.460. The summed E-state index contributed by atoms with van der Waals surface area (Å²) in [6.45, 7) is 5.54. The summed E-state index contributed by atoms with van der Waals surface area (Å²) in [5, 5.41) is 0. The maximum Gasteiger partial charge on any atom is 0.336 e. The van der Waals surface area contributed by atoms with Gasteiger partial charge in [-0.3, -0.25) is 0 Å². The van der Waals surface area contributed by atoms with Crippen molar-refractivity contribution in [2.75, 3.05) is 13.2 Å². The van der Waals surface area contributed by atoms with E-state index >= 15 is 0 Å². The Morgan fingerprint density at radius 3 is 1.70 bits per heavy atom. The molecule has 0 bridgehead atoms. The highest BCUT2D eigenvalue weighted by molar-refractivity contribution is 5.89. The van der Waals surface area contributed by atoms with E-state index in [0.717, 1.165) is 55.6 Å². The van der Waals surface area contributed by atoms with Gasteiger partial charge in [0.1, 0.15) is 11.5 Å². The first-order chi connectivity index (χ1) is 18.1. The van der Waals surface area contributed by atoms with Crippen molar-refractivity contribution in [1.82, 2.24) is 0 Å². The molecule has 0 saturated heterocycles. The molecule has 37 heavy (non-hydrogen) atoms. The summed E-state index contributed by atoms with van der Waals surface area (Å²) in [7, 11) is 0. The Hall–Kier alpha value is -3.34. The molecule has 5 heteroatoms. The minimum Gasteiger partial charge on any atom is -0.494 e. The molecule has 0 N–H and O–H groups in total. The second kappa shape index (κ2) is 18.9. The van der Waals surface area contributed by atoms with Gasteiger partial charge in [0.15, 0.2) is 0 Å². The van der Waals surface area contributed by atoms with E-state index in [1.165, 1.54) is 44.3 Å². The molecule has 0 aliphatic heterocycles.